The van der Waals surface area contributed by atoms with Crippen LogP contribution in [0.25, 0.3) is 10.8 Å². The van der Waals surface area contributed by atoms with Crippen LogP contribution in [0.15, 0.2) is 42.5 Å². The van der Waals surface area contributed by atoms with Crippen molar-refractivity contribution >= 4 is 16.8 Å². The number of amides is 2. The van der Waals surface area contributed by atoms with E-state index in [0.29, 0.717) is 13.2 Å². The molecule has 0 atom stereocenters. The van der Waals surface area contributed by atoms with Crippen LogP contribution in [0, 0.1) is 0 Å². The maximum absolute atomic E-state index is 11.4. The molecule has 0 saturated carbocycles. The highest BCUT2D eigenvalue weighted by molar-refractivity contribution is 5.83. The van der Waals surface area contributed by atoms with Crippen molar-refractivity contribution in [3.8, 4) is 5.75 Å². The first-order valence-electron chi connectivity index (χ1n) is 6.81. The Morgan fingerprint density at radius 3 is 2.65 bits per heavy atom. The molecule has 2 aromatic carbocycles. The summed E-state index contributed by atoms with van der Waals surface area (Å²) in [4.78, 5) is 11.4. The topological polar surface area (TPSA) is 50.4 Å². The molecule has 106 valence electrons. The number of benzene rings is 2. The van der Waals surface area contributed by atoms with E-state index in [1.54, 1.807) is 0 Å². The third-order valence-corrected chi connectivity index (χ3v) is 2.80. The maximum Gasteiger partial charge on any atom is 0.315 e. The molecule has 2 amide bonds. The minimum absolute atomic E-state index is 0.136. The molecule has 2 rings (SSSR count). The standard InChI is InChI=1S/C16H20N2O2/c1-12(2)18-16(19)17-9-10-20-15-8-7-13-5-3-4-6-14(13)11-15/h3-8,11-12H,9-10H2,1-2H3,(H2,17,18,19). The summed E-state index contributed by atoms with van der Waals surface area (Å²) in [6.45, 7) is 4.77. The van der Waals surface area contributed by atoms with E-state index >= 15 is 0 Å². The molecule has 0 spiro atoms. The zero-order chi connectivity index (χ0) is 14.4. The highest BCUT2D eigenvalue weighted by atomic mass is 16.5. The second-order valence-electron chi connectivity index (χ2n) is 4.91. The summed E-state index contributed by atoms with van der Waals surface area (Å²) < 4.78 is 5.63. The Bertz CT molecular complexity index is 581. The molecule has 20 heavy (non-hydrogen) atoms. The number of nitrogens with one attached hydrogen (secondary N) is 2. The van der Waals surface area contributed by atoms with E-state index in [-0.39, 0.29) is 12.1 Å². The van der Waals surface area contributed by atoms with Crippen LogP contribution >= 0.6 is 0 Å². The van der Waals surface area contributed by atoms with E-state index in [2.05, 4.69) is 22.8 Å². The number of carbonyl (C=O) groups excluding carboxylic acids is 1. The Balaban J connectivity index is 1.79. The van der Waals surface area contributed by atoms with Crippen molar-refractivity contribution in [3.63, 3.8) is 0 Å². The molecular formula is C16H20N2O2. The zero-order valence-electron chi connectivity index (χ0n) is 11.8. The minimum atomic E-state index is -0.165. The number of rotatable bonds is 5. The largest absolute Gasteiger partial charge is 0.492 e. The Hall–Kier alpha value is -2.23. The van der Waals surface area contributed by atoms with Crippen molar-refractivity contribution in [2.45, 2.75) is 19.9 Å². The zero-order valence-corrected chi connectivity index (χ0v) is 11.8. The van der Waals surface area contributed by atoms with Crippen LogP contribution in [0.1, 0.15) is 13.8 Å². The van der Waals surface area contributed by atoms with Gasteiger partial charge in [-0.3, -0.25) is 0 Å². The highest BCUT2D eigenvalue weighted by Crippen LogP contribution is 2.20. The average Bonchev–Trinajstić information content (AvgIpc) is 2.43. The number of urea groups is 1. The predicted molar refractivity (Wildman–Crippen MR) is 81.1 cm³/mol. The van der Waals surface area contributed by atoms with Gasteiger partial charge < -0.3 is 15.4 Å². The summed E-state index contributed by atoms with van der Waals surface area (Å²) in [5.74, 6) is 0.815. The van der Waals surface area contributed by atoms with Crippen molar-refractivity contribution in [2.75, 3.05) is 13.2 Å². The Kier molecular flexibility index (Phi) is 4.82. The molecule has 0 heterocycles. The SMILES string of the molecule is CC(C)NC(=O)NCCOc1ccc2ccccc2c1. The molecule has 0 aliphatic heterocycles. The smallest absolute Gasteiger partial charge is 0.315 e. The van der Waals surface area contributed by atoms with Gasteiger partial charge in [-0.05, 0) is 36.8 Å². The van der Waals surface area contributed by atoms with Crippen molar-refractivity contribution in [1.29, 1.82) is 0 Å². The van der Waals surface area contributed by atoms with Gasteiger partial charge in [0.2, 0.25) is 0 Å². The quantitative estimate of drug-likeness (QED) is 0.822. The summed E-state index contributed by atoms with van der Waals surface area (Å²) in [5, 5.41) is 7.84. The van der Waals surface area contributed by atoms with Crippen LogP contribution in [-0.2, 0) is 0 Å². The van der Waals surface area contributed by atoms with Gasteiger partial charge in [0.25, 0.3) is 0 Å². The molecule has 0 fully saturated rings. The second-order valence-corrected chi connectivity index (χ2v) is 4.91. The van der Waals surface area contributed by atoms with Gasteiger partial charge in [0.15, 0.2) is 0 Å². The molecule has 0 radical (unpaired) electrons. The van der Waals surface area contributed by atoms with Gasteiger partial charge in [-0.25, -0.2) is 4.79 Å². The second kappa shape index (κ2) is 6.80. The van der Waals surface area contributed by atoms with E-state index in [4.69, 9.17) is 4.74 Å². The van der Waals surface area contributed by atoms with Gasteiger partial charge in [-0.15, -0.1) is 0 Å². The molecule has 0 unspecified atom stereocenters. The van der Waals surface area contributed by atoms with E-state index in [1.165, 1.54) is 5.39 Å². The van der Waals surface area contributed by atoms with Gasteiger partial charge >= 0.3 is 6.03 Å². The fourth-order valence-electron chi connectivity index (χ4n) is 1.90. The number of carbonyl (C=O) groups is 1. The lowest BCUT2D eigenvalue weighted by atomic mass is 10.1. The molecule has 4 nitrogen and oxygen atoms in total. The summed E-state index contributed by atoms with van der Waals surface area (Å²) in [7, 11) is 0. The third kappa shape index (κ3) is 4.16. The lowest BCUT2D eigenvalue weighted by Crippen LogP contribution is -2.41. The van der Waals surface area contributed by atoms with Crippen molar-refractivity contribution in [3.05, 3.63) is 42.5 Å². The molecule has 2 aromatic rings. The Morgan fingerprint density at radius 2 is 1.90 bits per heavy atom. The molecular weight excluding hydrogens is 252 g/mol. The summed E-state index contributed by atoms with van der Waals surface area (Å²) in [6, 6.07) is 14.1. The maximum atomic E-state index is 11.4. The normalized spacial score (nSPS) is 10.6. The van der Waals surface area contributed by atoms with Crippen LogP contribution in [0.5, 0.6) is 5.75 Å². The molecule has 0 aliphatic carbocycles. The Labute approximate surface area is 119 Å². The van der Waals surface area contributed by atoms with Crippen LogP contribution in [0.3, 0.4) is 0 Å². The molecule has 0 bridgehead atoms. The van der Waals surface area contributed by atoms with E-state index in [1.807, 2.05) is 44.2 Å². The van der Waals surface area contributed by atoms with Crippen LogP contribution < -0.4 is 15.4 Å². The lowest BCUT2D eigenvalue weighted by Gasteiger charge is -2.11. The van der Waals surface area contributed by atoms with Crippen LogP contribution in [0.2, 0.25) is 0 Å². The van der Waals surface area contributed by atoms with Gasteiger partial charge in [0.1, 0.15) is 12.4 Å². The van der Waals surface area contributed by atoms with Crippen molar-refractivity contribution in [1.82, 2.24) is 10.6 Å². The first-order valence-corrected chi connectivity index (χ1v) is 6.81. The van der Waals surface area contributed by atoms with E-state index < -0.39 is 0 Å². The summed E-state index contributed by atoms with van der Waals surface area (Å²) in [6.07, 6.45) is 0. The van der Waals surface area contributed by atoms with Crippen LogP contribution in [0.4, 0.5) is 4.79 Å². The van der Waals surface area contributed by atoms with Gasteiger partial charge in [-0.1, -0.05) is 30.3 Å². The fraction of sp³-hybridized carbons (Fsp3) is 0.312. The molecule has 2 N–H and O–H groups in total. The number of ether oxygens (including phenoxy) is 1. The number of hydrogen-bond donors (Lipinski definition) is 2. The van der Waals surface area contributed by atoms with E-state index in [0.717, 1.165) is 11.1 Å². The van der Waals surface area contributed by atoms with Gasteiger partial charge in [-0.2, -0.15) is 0 Å². The van der Waals surface area contributed by atoms with Crippen molar-refractivity contribution < 1.29 is 9.53 Å². The minimum Gasteiger partial charge on any atom is -0.492 e. The summed E-state index contributed by atoms with van der Waals surface area (Å²) >= 11 is 0. The third-order valence-electron chi connectivity index (χ3n) is 2.80. The van der Waals surface area contributed by atoms with Crippen molar-refractivity contribution in [2.24, 2.45) is 0 Å². The van der Waals surface area contributed by atoms with Crippen LogP contribution in [-0.4, -0.2) is 25.2 Å². The highest BCUT2D eigenvalue weighted by Gasteiger charge is 2.01. The van der Waals surface area contributed by atoms with Gasteiger partial charge in [0.05, 0.1) is 6.54 Å². The number of hydrogen-bond acceptors (Lipinski definition) is 2. The average molecular weight is 272 g/mol. The lowest BCUT2D eigenvalue weighted by molar-refractivity contribution is 0.234. The molecule has 0 saturated heterocycles. The molecule has 4 heteroatoms. The predicted octanol–water partition coefficient (Wildman–Crippen LogP) is 2.93. The molecule has 0 aromatic heterocycles. The fourth-order valence-corrected chi connectivity index (χ4v) is 1.90. The first-order chi connectivity index (χ1) is 9.65. The van der Waals surface area contributed by atoms with E-state index in [9.17, 15) is 4.79 Å². The molecule has 0 aliphatic rings. The van der Waals surface area contributed by atoms with Gasteiger partial charge in [0, 0.05) is 6.04 Å². The first kappa shape index (κ1) is 14.2. The monoisotopic (exact) mass is 272 g/mol. The summed E-state index contributed by atoms with van der Waals surface area (Å²) in [5.41, 5.74) is 0. The number of fused-ring (bicyclic) bond motifs is 1. The Morgan fingerprint density at radius 1 is 1.15 bits per heavy atom.